The second kappa shape index (κ2) is 7.63. The van der Waals surface area contributed by atoms with Crippen LogP contribution in [0.5, 0.6) is 0 Å². The summed E-state index contributed by atoms with van der Waals surface area (Å²) in [7, 11) is -3.52. The number of amides is 1. The Balaban J connectivity index is 2.95. The minimum Gasteiger partial charge on any atom is -0.352 e. The maximum absolute atomic E-state index is 12.1. The van der Waals surface area contributed by atoms with Gasteiger partial charge >= 0.3 is 0 Å². The lowest BCUT2D eigenvalue weighted by Gasteiger charge is -2.23. The molecule has 0 radical (unpaired) electrons. The van der Waals surface area contributed by atoms with Crippen LogP contribution in [0.15, 0.2) is 18.2 Å². The number of aryl methyl sites for hydroxylation is 2. The summed E-state index contributed by atoms with van der Waals surface area (Å²) in [5, 5.41) is 2.83. The number of sulfonamides is 1. The average molecular weight is 326 g/mol. The summed E-state index contributed by atoms with van der Waals surface area (Å²) in [5.74, 6) is -0.287. The molecule has 0 fully saturated rings. The zero-order valence-corrected chi connectivity index (χ0v) is 14.8. The van der Waals surface area contributed by atoms with E-state index in [9.17, 15) is 13.2 Å². The van der Waals surface area contributed by atoms with Crippen molar-refractivity contribution >= 4 is 21.6 Å². The van der Waals surface area contributed by atoms with Crippen LogP contribution in [0, 0.1) is 13.8 Å². The molecule has 22 heavy (non-hydrogen) atoms. The van der Waals surface area contributed by atoms with E-state index in [1.54, 1.807) is 12.1 Å². The number of anilines is 1. The molecule has 1 N–H and O–H groups in total. The third-order valence-corrected chi connectivity index (χ3v) is 4.74. The number of nitrogens with one attached hydrogen (secondary N) is 1. The van der Waals surface area contributed by atoms with Crippen molar-refractivity contribution in [2.45, 2.75) is 46.6 Å². The number of hydrogen-bond donors (Lipinski definition) is 1. The highest BCUT2D eigenvalue weighted by Crippen LogP contribution is 2.21. The van der Waals surface area contributed by atoms with Gasteiger partial charge in [-0.2, -0.15) is 0 Å². The molecule has 0 aliphatic rings. The molecule has 0 saturated carbocycles. The quantitative estimate of drug-likeness (QED) is 0.836. The predicted octanol–water partition coefficient (Wildman–Crippen LogP) is 2.37. The van der Waals surface area contributed by atoms with E-state index in [0.29, 0.717) is 5.69 Å². The monoisotopic (exact) mass is 326 g/mol. The molecule has 0 unspecified atom stereocenters. The van der Waals surface area contributed by atoms with E-state index >= 15 is 0 Å². The lowest BCUT2D eigenvalue weighted by molar-refractivity contribution is -0.120. The fraction of sp³-hybridized carbons (Fsp3) is 0.562. The Bertz CT molecular complexity index is 626. The molecule has 0 aliphatic heterocycles. The number of rotatable bonds is 7. The van der Waals surface area contributed by atoms with Crippen molar-refractivity contribution in [3.05, 3.63) is 29.3 Å². The first-order valence-corrected chi connectivity index (χ1v) is 9.34. The highest BCUT2D eigenvalue weighted by atomic mass is 32.2. The van der Waals surface area contributed by atoms with E-state index in [2.05, 4.69) is 5.32 Å². The van der Waals surface area contributed by atoms with Crippen molar-refractivity contribution in [3.63, 3.8) is 0 Å². The molecule has 0 aromatic heterocycles. The number of benzene rings is 1. The molecule has 1 aromatic carbocycles. The van der Waals surface area contributed by atoms with Gasteiger partial charge in [-0.25, -0.2) is 8.42 Å². The van der Waals surface area contributed by atoms with Crippen LogP contribution in [-0.2, 0) is 14.8 Å². The van der Waals surface area contributed by atoms with Crippen LogP contribution < -0.4 is 9.62 Å². The van der Waals surface area contributed by atoms with Gasteiger partial charge in [0.15, 0.2) is 0 Å². The lowest BCUT2D eigenvalue weighted by atomic mass is 10.1. The summed E-state index contributed by atoms with van der Waals surface area (Å²) >= 11 is 0. The van der Waals surface area contributed by atoms with E-state index in [4.69, 9.17) is 0 Å². The first-order chi connectivity index (χ1) is 10.1. The summed E-state index contributed by atoms with van der Waals surface area (Å²) in [5.41, 5.74) is 2.59. The van der Waals surface area contributed by atoms with E-state index in [1.807, 2.05) is 33.8 Å². The molecule has 1 aromatic rings. The molecule has 0 spiro atoms. The largest absolute Gasteiger partial charge is 0.352 e. The Morgan fingerprint density at radius 3 is 2.41 bits per heavy atom. The first kappa shape index (κ1) is 18.5. The Hall–Kier alpha value is -1.56. The van der Waals surface area contributed by atoms with Gasteiger partial charge in [-0.3, -0.25) is 9.10 Å². The molecule has 0 aliphatic carbocycles. The number of nitrogens with zero attached hydrogens (tertiary/aromatic N) is 1. The third kappa shape index (κ3) is 5.33. The van der Waals surface area contributed by atoms with Crippen LogP contribution in [0.3, 0.4) is 0 Å². The molecule has 1 atom stereocenters. The molecule has 0 heterocycles. The SMILES string of the molecule is CCC[C@@H](C)NC(=O)CN(c1ccc(C)c(C)c1)S(C)(=O)=O. The van der Waals surface area contributed by atoms with Crippen LogP contribution in [0.4, 0.5) is 5.69 Å². The normalized spacial score (nSPS) is 12.8. The first-order valence-electron chi connectivity index (χ1n) is 7.49. The second-order valence-corrected chi connectivity index (χ2v) is 7.70. The van der Waals surface area contributed by atoms with Gasteiger partial charge < -0.3 is 5.32 Å². The molecular weight excluding hydrogens is 300 g/mol. The number of carbonyl (C=O) groups is 1. The van der Waals surface area contributed by atoms with Crippen molar-refractivity contribution in [1.29, 1.82) is 0 Å². The predicted molar refractivity (Wildman–Crippen MR) is 90.6 cm³/mol. The van der Waals surface area contributed by atoms with Crippen LogP contribution in [-0.4, -0.2) is 33.2 Å². The second-order valence-electron chi connectivity index (χ2n) is 5.80. The zero-order chi connectivity index (χ0) is 16.9. The number of hydrogen-bond acceptors (Lipinski definition) is 3. The van der Waals surface area contributed by atoms with Gasteiger partial charge in [0.2, 0.25) is 15.9 Å². The molecule has 6 heteroatoms. The standard InChI is InChI=1S/C16H26N2O3S/c1-6-7-14(4)17-16(19)11-18(22(5,20)21)15-9-8-12(2)13(3)10-15/h8-10,14H,6-7,11H2,1-5H3,(H,17,19)/t14-/m1/s1. The molecule has 0 bridgehead atoms. The van der Waals surface area contributed by atoms with Crippen molar-refractivity contribution < 1.29 is 13.2 Å². The van der Waals surface area contributed by atoms with E-state index in [-0.39, 0.29) is 18.5 Å². The Morgan fingerprint density at radius 1 is 1.27 bits per heavy atom. The lowest BCUT2D eigenvalue weighted by Crippen LogP contribution is -2.43. The van der Waals surface area contributed by atoms with E-state index in [0.717, 1.165) is 34.5 Å². The third-order valence-electron chi connectivity index (χ3n) is 3.60. The summed E-state index contributed by atoms with van der Waals surface area (Å²) in [4.78, 5) is 12.1. The van der Waals surface area contributed by atoms with Gasteiger partial charge in [-0.05, 0) is 50.5 Å². The molecular formula is C16H26N2O3S. The van der Waals surface area contributed by atoms with Gasteiger partial charge in [0, 0.05) is 6.04 Å². The van der Waals surface area contributed by atoms with Crippen molar-refractivity contribution in [3.8, 4) is 0 Å². The fourth-order valence-electron chi connectivity index (χ4n) is 2.24. The van der Waals surface area contributed by atoms with Gasteiger partial charge in [0.25, 0.3) is 0 Å². The highest BCUT2D eigenvalue weighted by molar-refractivity contribution is 7.92. The van der Waals surface area contributed by atoms with Crippen molar-refractivity contribution in [2.24, 2.45) is 0 Å². The minimum atomic E-state index is -3.52. The van der Waals surface area contributed by atoms with Crippen molar-refractivity contribution in [2.75, 3.05) is 17.1 Å². The molecule has 1 rings (SSSR count). The van der Waals surface area contributed by atoms with Crippen LogP contribution in [0.2, 0.25) is 0 Å². The summed E-state index contributed by atoms with van der Waals surface area (Å²) in [6, 6.07) is 5.42. The van der Waals surface area contributed by atoms with Gasteiger partial charge in [-0.1, -0.05) is 19.4 Å². The van der Waals surface area contributed by atoms with Crippen LogP contribution >= 0.6 is 0 Å². The topological polar surface area (TPSA) is 66.5 Å². The zero-order valence-electron chi connectivity index (χ0n) is 14.0. The number of carbonyl (C=O) groups excluding carboxylic acids is 1. The Labute approximate surface area is 133 Å². The Kier molecular flexibility index (Phi) is 6.41. The van der Waals surface area contributed by atoms with Gasteiger partial charge in [0.1, 0.15) is 6.54 Å². The summed E-state index contributed by atoms with van der Waals surface area (Å²) in [6.07, 6.45) is 2.95. The fourth-order valence-corrected chi connectivity index (χ4v) is 3.09. The van der Waals surface area contributed by atoms with Crippen LogP contribution in [0.1, 0.15) is 37.8 Å². The smallest absolute Gasteiger partial charge is 0.240 e. The van der Waals surface area contributed by atoms with Gasteiger partial charge in [-0.15, -0.1) is 0 Å². The minimum absolute atomic E-state index is 0.0404. The van der Waals surface area contributed by atoms with Crippen molar-refractivity contribution in [1.82, 2.24) is 5.32 Å². The maximum atomic E-state index is 12.1. The summed E-state index contributed by atoms with van der Waals surface area (Å²) < 4.78 is 25.2. The molecule has 1 amide bonds. The molecule has 0 saturated heterocycles. The average Bonchev–Trinajstić information content (AvgIpc) is 2.38. The molecule has 5 nitrogen and oxygen atoms in total. The Morgan fingerprint density at radius 2 is 1.91 bits per heavy atom. The molecule has 124 valence electrons. The van der Waals surface area contributed by atoms with Gasteiger partial charge in [0.05, 0.1) is 11.9 Å². The van der Waals surface area contributed by atoms with E-state index < -0.39 is 10.0 Å². The van der Waals surface area contributed by atoms with Crippen LogP contribution in [0.25, 0.3) is 0 Å². The van der Waals surface area contributed by atoms with E-state index in [1.165, 1.54) is 0 Å². The summed E-state index contributed by atoms with van der Waals surface area (Å²) in [6.45, 7) is 7.64. The maximum Gasteiger partial charge on any atom is 0.240 e. The highest BCUT2D eigenvalue weighted by Gasteiger charge is 2.21.